The van der Waals surface area contributed by atoms with E-state index in [0.717, 1.165) is 42.0 Å². The van der Waals surface area contributed by atoms with Crippen LogP contribution in [0.2, 0.25) is 0 Å². The zero-order valence-electron chi connectivity index (χ0n) is 12.3. The summed E-state index contributed by atoms with van der Waals surface area (Å²) < 4.78 is 1.86. The van der Waals surface area contributed by atoms with Crippen LogP contribution in [0.5, 0.6) is 0 Å². The molecule has 2 aromatic rings. The Labute approximate surface area is 123 Å². The van der Waals surface area contributed by atoms with Crippen LogP contribution in [0.25, 0.3) is 0 Å². The van der Waals surface area contributed by atoms with Crippen LogP contribution in [-0.2, 0) is 24.7 Å². The molecule has 0 fully saturated rings. The highest BCUT2D eigenvalue weighted by Gasteiger charge is 2.23. The fourth-order valence-electron chi connectivity index (χ4n) is 2.76. The summed E-state index contributed by atoms with van der Waals surface area (Å²) in [6.07, 6.45) is 8.57. The third-order valence-corrected chi connectivity index (χ3v) is 3.90. The van der Waals surface area contributed by atoms with E-state index in [2.05, 4.69) is 20.3 Å². The van der Waals surface area contributed by atoms with Crippen LogP contribution in [-0.4, -0.2) is 25.4 Å². The second-order valence-electron chi connectivity index (χ2n) is 5.50. The van der Waals surface area contributed by atoms with Crippen molar-refractivity contribution in [1.82, 2.24) is 24.8 Å². The highest BCUT2D eigenvalue weighted by atomic mass is 16.1. The Morgan fingerprint density at radius 1 is 1.48 bits per heavy atom. The van der Waals surface area contributed by atoms with Crippen molar-refractivity contribution in [3.8, 4) is 0 Å². The van der Waals surface area contributed by atoms with Gasteiger partial charge < -0.3 is 9.88 Å². The van der Waals surface area contributed by atoms with E-state index in [-0.39, 0.29) is 11.9 Å². The number of nitrogens with zero attached hydrogens (tertiary/aromatic N) is 4. The molecule has 0 aliphatic heterocycles. The van der Waals surface area contributed by atoms with Crippen LogP contribution < -0.4 is 5.32 Å². The lowest BCUT2D eigenvalue weighted by molar-refractivity contribution is -0.121. The molecule has 1 N–H and O–H groups in total. The standard InChI is InChI=1S/C15H19N5O/c1-10-17-8-12-13(18-10)4-3-5-14(12)19-15(21)6-11-7-16-9-20(11)2/h7-9,14H,3-6H2,1-2H3,(H,19,21). The number of amides is 1. The zero-order chi connectivity index (χ0) is 14.8. The Hall–Kier alpha value is -2.24. The van der Waals surface area contributed by atoms with Crippen molar-refractivity contribution in [3.63, 3.8) is 0 Å². The quantitative estimate of drug-likeness (QED) is 0.921. The molecule has 0 saturated carbocycles. The first kappa shape index (κ1) is 13.7. The number of rotatable bonds is 3. The van der Waals surface area contributed by atoms with Gasteiger partial charge in [0, 0.05) is 36.4 Å². The van der Waals surface area contributed by atoms with E-state index in [1.165, 1.54) is 0 Å². The molecule has 0 spiro atoms. The Balaban J connectivity index is 1.71. The molecule has 2 heterocycles. The molecule has 1 amide bonds. The lowest BCUT2D eigenvalue weighted by atomic mass is 9.92. The van der Waals surface area contributed by atoms with Gasteiger partial charge in [0.05, 0.1) is 18.8 Å². The van der Waals surface area contributed by atoms with E-state index in [4.69, 9.17) is 0 Å². The first-order valence-corrected chi connectivity index (χ1v) is 7.20. The molecular formula is C15H19N5O. The number of fused-ring (bicyclic) bond motifs is 1. The fourth-order valence-corrected chi connectivity index (χ4v) is 2.76. The minimum Gasteiger partial charge on any atom is -0.349 e. The van der Waals surface area contributed by atoms with Crippen LogP contribution in [0.1, 0.15) is 41.7 Å². The van der Waals surface area contributed by atoms with Crippen molar-refractivity contribution < 1.29 is 4.79 Å². The third-order valence-electron chi connectivity index (χ3n) is 3.90. The van der Waals surface area contributed by atoms with E-state index in [0.29, 0.717) is 6.42 Å². The van der Waals surface area contributed by atoms with Gasteiger partial charge in [-0.2, -0.15) is 0 Å². The Kier molecular flexibility index (Phi) is 3.68. The molecule has 6 nitrogen and oxygen atoms in total. The van der Waals surface area contributed by atoms with Crippen molar-refractivity contribution in [1.29, 1.82) is 0 Å². The largest absolute Gasteiger partial charge is 0.349 e. The number of aromatic nitrogens is 4. The van der Waals surface area contributed by atoms with Gasteiger partial charge in [-0.25, -0.2) is 15.0 Å². The minimum absolute atomic E-state index is 0.0111. The van der Waals surface area contributed by atoms with Gasteiger partial charge in [-0.3, -0.25) is 4.79 Å². The lowest BCUT2D eigenvalue weighted by Crippen LogP contribution is -2.33. The predicted octanol–water partition coefficient (Wildman–Crippen LogP) is 1.25. The van der Waals surface area contributed by atoms with E-state index >= 15 is 0 Å². The molecule has 6 heteroatoms. The van der Waals surface area contributed by atoms with Crippen molar-refractivity contribution in [2.75, 3.05) is 0 Å². The second-order valence-corrected chi connectivity index (χ2v) is 5.50. The SMILES string of the molecule is Cc1ncc2c(n1)CCCC2NC(=O)Cc1cncn1C. The maximum Gasteiger partial charge on any atom is 0.226 e. The number of carbonyl (C=O) groups is 1. The number of carbonyl (C=O) groups excluding carboxylic acids is 1. The van der Waals surface area contributed by atoms with E-state index in [1.807, 2.05) is 24.7 Å². The highest BCUT2D eigenvalue weighted by Crippen LogP contribution is 2.27. The maximum atomic E-state index is 12.2. The summed E-state index contributed by atoms with van der Waals surface area (Å²) in [7, 11) is 1.89. The van der Waals surface area contributed by atoms with Gasteiger partial charge in [0.1, 0.15) is 5.82 Å². The molecule has 3 rings (SSSR count). The fraction of sp³-hybridized carbons (Fsp3) is 0.467. The van der Waals surface area contributed by atoms with Crippen LogP contribution in [0.4, 0.5) is 0 Å². The number of nitrogens with one attached hydrogen (secondary N) is 1. The second kappa shape index (κ2) is 5.63. The van der Waals surface area contributed by atoms with Gasteiger partial charge in [-0.05, 0) is 26.2 Å². The molecule has 0 saturated heterocycles. The van der Waals surface area contributed by atoms with Crippen LogP contribution in [0.3, 0.4) is 0 Å². The molecule has 1 aliphatic carbocycles. The summed E-state index contributed by atoms with van der Waals surface area (Å²) in [5, 5.41) is 3.10. The average Bonchev–Trinajstić information content (AvgIpc) is 2.84. The molecule has 1 unspecified atom stereocenters. The smallest absolute Gasteiger partial charge is 0.226 e. The summed E-state index contributed by atoms with van der Waals surface area (Å²) in [6.45, 7) is 1.89. The molecule has 2 aromatic heterocycles. The van der Waals surface area contributed by atoms with Crippen molar-refractivity contribution in [3.05, 3.63) is 41.5 Å². The molecule has 1 aliphatic rings. The average molecular weight is 285 g/mol. The van der Waals surface area contributed by atoms with Gasteiger partial charge in [0.15, 0.2) is 0 Å². The first-order chi connectivity index (χ1) is 10.1. The topological polar surface area (TPSA) is 72.7 Å². The van der Waals surface area contributed by atoms with Gasteiger partial charge in [-0.1, -0.05) is 0 Å². The third kappa shape index (κ3) is 2.94. The number of hydrogen-bond acceptors (Lipinski definition) is 4. The summed E-state index contributed by atoms with van der Waals surface area (Å²) >= 11 is 0. The maximum absolute atomic E-state index is 12.2. The van der Waals surface area contributed by atoms with E-state index < -0.39 is 0 Å². The van der Waals surface area contributed by atoms with E-state index in [1.54, 1.807) is 12.5 Å². The Morgan fingerprint density at radius 3 is 3.10 bits per heavy atom. The van der Waals surface area contributed by atoms with E-state index in [9.17, 15) is 4.79 Å². The van der Waals surface area contributed by atoms with Crippen molar-refractivity contribution in [2.45, 2.75) is 38.6 Å². The lowest BCUT2D eigenvalue weighted by Gasteiger charge is -2.25. The van der Waals surface area contributed by atoms with Gasteiger partial charge in [0.2, 0.25) is 5.91 Å². The van der Waals surface area contributed by atoms with Crippen LogP contribution in [0.15, 0.2) is 18.7 Å². The highest BCUT2D eigenvalue weighted by molar-refractivity contribution is 5.78. The van der Waals surface area contributed by atoms with Crippen molar-refractivity contribution >= 4 is 5.91 Å². The number of aryl methyl sites for hydroxylation is 3. The minimum atomic E-state index is 0.0111. The van der Waals surface area contributed by atoms with Crippen molar-refractivity contribution in [2.24, 2.45) is 7.05 Å². The normalized spacial score (nSPS) is 17.3. The number of imidazole rings is 1. The molecule has 0 radical (unpaired) electrons. The molecule has 110 valence electrons. The molecular weight excluding hydrogens is 266 g/mol. The van der Waals surface area contributed by atoms with Gasteiger partial charge in [0.25, 0.3) is 0 Å². The summed E-state index contributed by atoms with van der Waals surface area (Å²) in [4.78, 5) is 25.0. The monoisotopic (exact) mass is 285 g/mol. The van der Waals surface area contributed by atoms with Gasteiger partial charge >= 0.3 is 0 Å². The first-order valence-electron chi connectivity index (χ1n) is 7.20. The molecule has 0 aromatic carbocycles. The predicted molar refractivity (Wildman–Crippen MR) is 77.5 cm³/mol. The molecule has 1 atom stereocenters. The summed E-state index contributed by atoms with van der Waals surface area (Å²) in [5.41, 5.74) is 3.04. The Bertz CT molecular complexity index is 664. The molecule has 0 bridgehead atoms. The summed E-state index contributed by atoms with van der Waals surface area (Å²) in [5.74, 6) is 0.799. The van der Waals surface area contributed by atoms with Crippen LogP contribution in [0, 0.1) is 6.92 Å². The number of hydrogen-bond donors (Lipinski definition) is 1. The summed E-state index contributed by atoms with van der Waals surface area (Å²) in [6, 6.07) is 0.0232. The Morgan fingerprint density at radius 2 is 2.33 bits per heavy atom. The molecule has 21 heavy (non-hydrogen) atoms. The van der Waals surface area contributed by atoms with Gasteiger partial charge in [-0.15, -0.1) is 0 Å². The van der Waals surface area contributed by atoms with Crippen LogP contribution >= 0.6 is 0 Å². The zero-order valence-corrected chi connectivity index (χ0v) is 12.3.